The van der Waals surface area contributed by atoms with E-state index < -0.39 is 24.1 Å². The Hall–Kier alpha value is -4.92. The van der Waals surface area contributed by atoms with Gasteiger partial charge in [-0.15, -0.1) is 0 Å². The topological polar surface area (TPSA) is 114 Å². The second kappa shape index (κ2) is 14.7. The number of ether oxygens (including phenoxy) is 5. The highest BCUT2D eigenvalue weighted by Crippen LogP contribution is 2.21. The van der Waals surface area contributed by atoms with Gasteiger partial charge in [-0.3, -0.25) is 0 Å². The highest BCUT2D eigenvalue weighted by atomic mass is 16.7. The van der Waals surface area contributed by atoms with Crippen molar-refractivity contribution < 1.29 is 42.9 Å². The summed E-state index contributed by atoms with van der Waals surface area (Å²) in [5.74, 6) is -0.860. The smallest absolute Gasteiger partial charge is 0.463 e. The van der Waals surface area contributed by atoms with Crippen LogP contribution in [0.3, 0.4) is 0 Å². The molecule has 0 heterocycles. The second-order valence-electron chi connectivity index (χ2n) is 8.10. The first kappa shape index (κ1) is 28.6. The van der Waals surface area contributed by atoms with Gasteiger partial charge in [0.2, 0.25) is 0 Å². The van der Waals surface area contributed by atoms with E-state index in [1.165, 1.54) is 48.5 Å². The predicted molar refractivity (Wildman–Crippen MR) is 141 cm³/mol. The minimum atomic E-state index is -0.896. The van der Waals surface area contributed by atoms with E-state index in [0.717, 1.165) is 18.1 Å². The number of carbonyl (C=O) groups is 4. The Balaban J connectivity index is 1.41. The van der Waals surface area contributed by atoms with Crippen molar-refractivity contribution in [3.63, 3.8) is 0 Å². The maximum atomic E-state index is 12.5. The van der Waals surface area contributed by atoms with Gasteiger partial charge in [0, 0.05) is 6.08 Å². The van der Waals surface area contributed by atoms with Gasteiger partial charge >= 0.3 is 24.1 Å². The Morgan fingerprint density at radius 1 is 0.641 bits per heavy atom. The normalized spacial score (nSPS) is 10.2. The molecule has 3 aromatic rings. The lowest BCUT2D eigenvalue weighted by molar-refractivity contribution is -0.137. The largest absolute Gasteiger partial charge is 0.513 e. The fourth-order valence-corrected chi connectivity index (χ4v) is 3.16. The summed E-state index contributed by atoms with van der Waals surface area (Å²) < 4.78 is 25.6. The molecule has 202 valence electrons. The minimum absolute atomic E-state index is 0.0962. The van der Waals surface area contributed by atoms with Crippen molar-refractivity contribution in [1.29, 1.82) is 0 Å². The van der Waals surface area contributed by atoms with E-state index in [1.54, 1.807) is 12.1 Å². The van der Waals surface area contributed by atoms with Gasteiger partial charge in [0.1, 0.15) is 17.2 Å². The minimum Gasteiger partial charge on any atom is -0.463 e. The Bertz CT molecular complexity index is 1280. The molecule has 0 saturated heterocycles. The van der Waals surface area contributed by atoms with Crippen LogP contribution in [0.2, 0.25) is 0 Å². The molecule has 0 amide bonds. The van der Waals surface area contributed by atoms with E-state index in [2.05, 4.69) is 6.58 Å². The molecule has 0 fully saturated rings. The van der Waals surface area contributed by atoms with Crippen LogP contribution in [-0.4, -0.2) is 37.3 Å². The maximum absolute atomic E-state index is 12.5. The van der Waals surface area contributed by atoms with Gasteiger partial charge < -0.3 is 23.7 Å². The summed E-state index contributed by atoms with van der Waals surface area (Å²) in [6, 6.07) is 19.0. The maximum Gasteiger partial charge on any atom is 0.513 e. The molecular weight excluding hydrogens is 504 g/mol. The third-order valence-electron chi connectivity index (χ3n) is 5.30. The second-order valence-corrected chi connectivity index (χ2v) is 8.10. The number of esters is 3. The van der Waals surface area contributed by atoms with Crippen molar-refractivity contribution in [2.45, 2.75) is 26.2 Å². The first-order valence-corrected chi connectivity index (χ1v) is 12.2. The van der Waals surface area contributed by atoms with E-state index in [0.29, 0.717) is 24.2 Å². The Kier molecular flexibility index (Phi) is 10.8. The summed E-state index contributed by atoms with van der Waals surface area (Å²) in [6.45, 7) is 5.62. The summed E-state index contributed by atoms with van der Waals surface area (Å²) in [4.78, 5) is 47.5. The molecule has 0 aliphatic heterocycles. The van der Waals surface area contributed by atoms with Crippen LogP contribution in [0.15, 0.2) is 85.5 Å². The molecular formula is C30H28O9. The Labute approximate surface area is 225 Å². The van der Waals surface area contributed by atoms with Crippen molar-refractivity contribution in [2.24, 2.45) is 0 Å². The van der Waals surface area contributed by atoms with E-state index >= 15 is 0 Å². The molecule has 0 radical (unpaired) electrons. The molecule has 39 heavy (non-hydrogen) atoms. The van der Waals surface area contributed by atoms with Crippen molar-refractivity contribution in [2.75, 3.05) is 13.2 Å². The molecule has 3 rings (SSSR count). The SMILES string of the molecule is C=CC(=O)OCCCCOC(=O)Oc1ccc(C(=O)Oc2ccc(OC(=O)c3ccc(CC)cc3)cc2)cc1. The van der Waals surface area contributed by atoms with Crippen molar-refractivity contribution in [3.8, 4) is 17.2 Å². The number of hydrogen-bond donors (Lipinski definition) is 0. The summed E-state index contributed by atoms with van der Waals surface area (Å²) in [6.07, 6.45) is 2.06. The molecule has 9 heteroatoms. The molecule has 0 N–H and O–H groups in total. The first-order valence-electron chi connectivity index (χ1n) is 12.2. The molecule has 0 aliphatic rings. The third kappa shape index (κ3) is 9.47. The van der Waals surface area contributed by atoms with Gasteiger partial charge in [0.05, 0.1) is 24.3 Å². The molecule has 0 unspecified atom stereocenters. The van der Waals surface area contributed by atoms with Gasteiger partial charge in [-0.25, -0.2) is 19.2 Å². The lowest BCUT2D eigenvalue weighted by Gasteiger charge is -2.08. The van der Waals surface area contributed by atoms with Crippen LogP contribution in [0.4, 0.5) is 4.79 Å². The number of unbranched alkanes of at least 4 members (excludes halogenated alkanes) is 1. The number of aryl methyl sites for hydroxylation is 1. The molecule has 0 bridgehead atoms. The van der Waals surface area contributed by atoms with Crippen LogP contribution in [0.5, 0.6) is 17.2 Å². The number of benzene rings is 3. The van der Waals surface area contributed by atoms with Crippen LogP contribution in [-0.2, 0) is 20.7 Å². The van der Waals surface area contributed by atoms with E-state index in [1.807, 2.05) is 19.1 Å². The monoisotopic (exact) mass is 532 g/mol. The number of hydrogen-bond acceptors (Lipinski definition) is 9. The highest BCUT2D eigenvalue weighted by Gasteiger charge is 2.12. The first-order chi connectivity index (χ1) is 18.9. The Morgan fingerprint density at radius 3 is 1.56 bits per heavy atom. The zero-order chi connectivity index (χ0) is 28.0. The van der Waals surface area contributed by atoms with E-state index in [9.17, 15) is 19.2 Å². The van der Waals surface area contributed by atoms with Crippen molar-refractivity contribution in [1.82, 2.24) is 0 Å². The standard InChI is InChI=1S/C30H28O9/c1-3-21-7-9-22(10-8-21)28(32)37-24-15-17-25(18-16-24)38-29(33)23-11-13-26(14-12-23)39-30(34)36-20-6-5-19-35-27(31)4-2/h4,7-18H,2-3,5-6,19-20H2,1H3. The van der Waals surface area contributed by atoms with Crippen molar-refractivity contribution >= 4 is 24.1 Å². The van der Waals surface area contributed by atoms with Crippen LogP contribution in [0.1, 0.15) is 46.0 Å². The number of carbonyl (C=O) groups excluding carboxylic acids is 4. The van der Waals surface area contributed by atoms with E-state index in [-0.39, 0.29) is 30.3 Å². The fourth-order valence-electron chi connectivity index (χ4n) is 3.16. The molecule has 0 spiro atoms. The summed E-state index contributed by atoms with van der Waals surface area (Å²) in [5, 5.41) is 0. The zero-order valence-electron chi connectivity index (χ0n) is 21.4. The molecule has 0 atom stereocenters. The fraction of sp³-hybridized carbons (Fsp3) is 0.200. The summed E-state index contributed by atoms with van der Waals surface area (Å²) >= 11 is 0. The van der Waals surface area contributed by atoms with Gasteiger partial charge in [0.25, 0.3) is 0 Å². The lowest BCUT2D eigenvalue weighted by atomic mass is 10.1. The summed E-state index contributed by atoms with van der Waals surface area (Å²) in [7, 11) is 0. The van der Waals surface area contributed by atoms with Gasteiger partial charge in [0.15, 0.2) is 0 Å². The lowest BCUT2D eigenvalue weighted by Crippen LogP contribution is -2.12. The predicted octanol–water partition coefficient (Wildman–Crippen LogP) is 5.71. The molecule has 0 aliphatic carbocycles. The molecule has 0 aromatic heterocycles. The molecule has 0 saturated carbocycles. The quantitative estimate of drug-likeness (QED) is 0.0951. The van der Waals surface area contributed by atoms with E-state index in [4.69, 9.17) is 23.7 Å². The Morgan fingerprint density at radius 2 is 1.08 bits per heavy atom. The van der Waals surface area contributed by atoms with Gasteiger partial charge in [-0.1, -0.05) is 25.6 Å². The molecule has 9 nitrogen and oxygen atoms in total. The van der Waals surface area contributed by atoms with Gasteiger partial charge in [-0.05, 0) is 85.5 Å². The molecule has 3 aromatic carbocycles. The van der Waals surface area contributed by atoms with Crippen LogP contribution in [0.25, 0.3) is 0 Å². The zero-order valence-corrected chi connectivity index (χ0v) is 21.4. The third-order valence-corrected chi connectivity index (χ3v) is 5.30. The van der Waals surface area contributed by atoms with Gasteiger partial charge in [-0.2, -0.15) is 0 Å². The highest BCUT2D eigenvalue weighted by molar-refractivity contribution is 5.92. The average molecular weight is 533 g/mol. The average Bonchev–Trinajstić information content (AvgIpc) is 2.96. The van der Waals surface area contributed by atoms with Crippen LogP contribution >= 0.6 is 0 Å². The van der Waals surface area contributed by atoms with Crippen LogP contribution in [0, 0.1) is 0 Å². The number of rotatable bonds is 12. The van der Waals surface area contributed by atoms with Crippen LogP contribution < -0.4 is 14.2 Å². The summed E-state index contributed by atoms with van der Waals surface area (Å²) in [5.41, 5.74) is 1.79. The van der Waals surface area contributed by atoms with Crippen molar-refractivity contribution in [3.05, 3.63) is 102 Å².